The molecule has 0 saturated carbocycles. The number of aliphatic hydroxyl groups excluding tert-OH is 1. The Morgan fingerprint density at radius 3 is 1.46 bits per heavy atom. The van der Waals surface area contributed by atoms with Crippen molar-refractivity contribution < 1.29 is 62.3 Å². The van der Waals surface area contributed by atoms with E-state index < -0.39 is 52.0 Å². The Kier molecular flexibility index (Phi) is 25.5. The van der Waals surface area contributed by atoms with Crippen molar-refractivity contribution >= 4 is 92.8 Å². The van der Waals surface area contributed by atoms with Crippen LogP contribution in [0.3, 0.4) is 0 Å². The van der Waals surface area contributed by atoms with E-state index in [1.54, 1.807) is 72.0 Å². The molecule has 5 aromatic carbocycles. The van der Waals surface area contributed by atoms with Gasteiger partial charge in [-0.25, -0.2) is 29.3 Å². The van der Waals surface area contributed by atoms with Crippen LogP contribution in [-0.4, -0.2) is 95.4 Å². The Balaban J connectivity index is 0.000000204. The van der Waals surface area contributed by atoms with Crippen molar-refractivity contribution in [3.8, 4) is 22.9 Å². The number of hydrogen-bond donors (Lipinski definition) is 5. The van der Waals surface area contributed by atoms with Crippen LogP contribution in [0.1, 0.15) is 107 Å². The number of fused-ring (bicyclic) bond motifs is 3. The largest absolute Gasteiger partial charge is 0.496 e. The fourth-order valence-electron chi connectivity index (χ4n) is 8.64. The molecular weight excluding hydrogens is 1250 g/mol. The summed E-state index contributed by atoms with van der Waals surface area (Å²) < 4.78 is 38.8. The Hall–Kier alpha value is -10.2. The molecule has 10 rings (SSSR count). The van der Waals surface area contributed by atoms with Crippen LogP contribution in [0.5, 0.6) is 11.8 Å². The molecule has 0 spiro atoms. The number of pyridine rings is 3. The Bertz CT molecular complexity index is 4090. The average Bonchev–Trinajstić information content (AvgIpc) is 1.63. The number of benzene rings is 5. The minimum atomic E-state index is -0.684. The summed E-state index contributed by atoms with van der Waals surface area (Å²) in [6.07, 6.45) is 1.44. The zero-order chi connectivity index (χ0) is 70.8. The molecule has 506 valence electrons. The molecule has 3 amide bonds. The Morgan fingerprint density at radius 1 is 0.573 bits per heavy atom. The van der Waals surface area contributed by atoms with Gasteiger partial charge in [-0.3, -0.25) is 36.2 Å². The molecule has 26 heteroatoms. The SMILES string of the molecule is CC(C)(C)OC(=O)Nc1ccc(-c2ccc(OCc3ccccc3)nc2)c([N+](=O)[O-])c1.CC(C)(C)OC(=O)Nc1ccc(Cl)c([N+](=O)[O-])c1.CC1(C)OB(c2ccc(OCc3ccccc3)nc2)OC1(C)C.CO.Cc1ccc2c(n1)[nH]c1cc(NC(=O)OC(C)(C)C)ccc12. The molecule has 24 nitrogen and oxygen atoms in total. The predicted molar refractivity (Wildman–Crippen MR) is 372 cm³/mol. The normalized spacial score (nSPS) is 12.9. The van der Waals surface area contributed by atoms with Gasteiger partial charge in [0.2, 0.25) is 11.8 Å². The van der Waals surface area contributed by atoms with Crippen LogP contribution in [0.15, 0.2) is 164 Å². The maximum absolute atomic E-state index is 11.9. The third-order valence-corrected chi connectivity index (χ3v) is 14.0. The third-order valence-electron chi connectivity index (χ3n) is 13.7. The number of H-pyrrole nitrogens is 1. The summed E-state index contributed by atoms with van der Waals surface area (Å²) in [5.74, 6) is 1.01. The fourth-order valence-corrected chi connectivity index (χ4v) is 8.83. The van der Waals surface area contributed by atoms with E-state index in [2.05, 4.69) is 42.0 Å². The molecular formula is C70H81BClN9O15. The summed E-state index contributed by atoms with van der Waals surface area (Å²) in [5, 5.41) is 39.1. The number of aromatic nitrogens is 4. The van der Waals surface area contributed by atoms with Gasteiger partial charge in [0.05, 0.1) is 38.0 Å². The second-order valence-electron chi connectivity index (χ2n) is 25.5. The highest BCUT2D eigenvalue weighted by molar-refractivity contribution is 6.62. The highest BCUT2D eigenvalue weighted by atomic mass is 35.5. The average molecular weight is 1330 g/mol. The third kappa shape index (κ3) is 23.1. The van der Waals surface area contributed by atoms with E-state index in [1.165, 1.54) is 30.5 Å². The van der Waals surface area contributed by atoms with E-state index in [4.69, 9.17) is 49.7 Å². The Labute approximate surface area is 562 Å². The molecule has 4 aromatic heterocycles. The number of carbonyl (C=O) groups is 3. The van der Waals surface area contributed by atoms with Gasteiger partial charge in [-0.2, -0.15) is 0 Å². The van der Waals surface area contributed by atoms with Crippen LogP contribution < -0.4 is 30.9 Å². The molecule has 1 aliphatic rings. The van der Waals surface area contributed by atoms with Crippen LogP contribution in [0, 0.1) is 27.2 Å². The molecule has 0 atom stereocenters. The fraction of sp³-hybridized carbons (Fsp3) is 0.314. The van der Waals surface area contributed by atoms with Crippen molar-refractivity contribution in [3.63, 3.8) is 0 Å². The quantitative estimate of drug-likeness (QED) is 0.0310. The van der Waals surface area contributed by atoms with Gasteiger partial charge in [-0.15, -0.1) is 0 Å². The number of nitro benzene ring substituents is 2. The van der Waals surface area contributed by atoms with Crippen molar-refractivity contribution in [1.82, 2.24) is 19.9 Å². The number of anilines is 3. The number of aryl methyl sites for hydroxylation is 1. The van der Waals surface area contributed by atoms with Crippen LogP contribution in [-0.2, 0) is 36.7 Å². The second kappa shape index (κ2) is 32.8. The number of hydrogen-bond acceptors (Lipinski definition) is 18. The summed E-state index contributed by atoms with van der Waals surface area (Å²) in [6, 6.07) is 45.0. The number of nitrogens with one attached hydrogen (secondary N) is 4. The summed E-state index contributed by atoms with van der Waals surface area (Å²) in [6.45, 7) is 26.9. The van der Waals surface area contributed by atoms with Gasteiger partial charge < -0.3 is 43.1 Å². The lowest BCUT2D eigenvalue weighted by molar-refractivity contribution is -0.384. The van der Waals surface area contributed by atoms with Gasteiger partial charge in [0.1, 0.15) is 40.7 Å². The van der Waals surface area contributed by atoms with E-state index in [1.807, 2.05) is 152 Å². The number of nitrogens with zero attached hydrogens (tertiary/aromatic N) is 5. The number of amides is 3. The van der Waals surface area contributed by atoms with Gasteiger partial charge in [0, 0.05) is 76.4 Å². The van der Waals surface area contributed by atoms with Gasteiger partial charge in [-0.05, 0) is 169 Å². The van der Waals surface area contributed by atoms with Crippen molar-refractivity contribution in [2.75, 3.05) is 23.1 Å². The standard InChI is InChI=1S/C23H23N3O5.C18H22BNO3.C17H19N3O2.C11H13ClN2O4.CH4O/c1-23(2,3)31-22(27)25-18-10-11-19(20(13-18)26(28)29)17-9-12-21(24-14-17)30-15-16-7-5-4-6-8-16;1-17(2)18(3,4)23-19(22-17)15-10-11-16(20-12-15)21-13-14-8-6-5-7-9-14;1-10-5-7-13-12-8-6-11(9-14(12)20-15(13)18-10)19-16(21)22-17(2,3)4;1-11(2,3)18-10(15)13-7-4-5-8(12)9(6-7)14(16)17;1-2/h4-14H,15H2,1-3H3,(H,25,27);5-12H,13H2,1-4H3;5-9H,1-4H3,(H,18,20)(H,19,21);4-6H,1-3H3,(H,13,15);2H,1H3. The maximum atomic E-state index is 11.9. The summed E-state index contributed by atoms with van der Waals surface area (Å²) in [4.78, 5) is 72.7. The molecule has 1 saturated heterocycles. The molecule has 5 N–H and O–H groups in total. The highest BCUT2D eigenvalue weighted by Gasteiger charge is 2.52. The molecule has 0 bridgehead atoms. The van der Waals surface area contributed by atoms with Crippen molar-refractivity contribution in [2.24, 2.45) is 0 Å². The number of aliphatic hydroxyl groups is 1. The summed E-state index contributed by atoms with van der Waals surface area (Å²) >= 11 is 5.65. The second-order valence-corrected chi connectivity index (χ2v) is 25.9. The van der Waals surface area contributed by atoms with Gasteiger partial charge in [-0.1, -0.05) is 84.4 Å². The summed E-state index contributed by atoms with van der Waals surface area (Å²) in [7, 11) is 0.607. The van der Waals surface area contributed by atoms with Crippen LogP contribution in [0.25, 0.3) is 33.1 Å². The first kappa shape index (κ1) is 74.8. The zero-order valence-corrected chi connectivity index (χ0v) is 57.1. The van der Waals surface area contributed by atoms with E-state index in [0.29, 0.717) is 41.8 Å². The molecule has 0 radical (unpaired) electrons. The van der Waals surface area contributed by atoms with Gasteiger partial charge in [0.25, 0.3) is 11.4 Å². The molecule has 96 heavy (non-hydrogen) atoms. The number of carbonyl (C=O) groups excluding carboxylic acids is 3. The first-order valence-corrected chi connectivity index (χ1v) is 30.6. The van der Waals surface area contributed by atoms with Crippen molar-refractivity contribution in [2.45, 2.75) is 138 Å². The highest BCUT2D eigenvalue weighted by Crippen LogP contribution is 2.37. The zero-order valence-electron chi connectivity index (χ0n) is 56.4. The minimum Gasteiger partial charge on any atom is -0.473 e. The van der Waals surface area contributed by atoms with E-state index in [0.717, 1.165) is 51.3 Å². The van der Waals surface area contributed by atoms with Crippen molar-refractivity contribution in [1.29, 1.82) is 0 Å². The first-order valence-electron chi connectivity index (χ1n) is 30.3. The monoisotopic (exact) mass is 1330 g/mol. The predicted octanol–water partition coefficient (Wildman–Crippen LogP) is 16.1. The molecule has 1 fully saturated rings. The van der Waals surface area contributed by atoms with E-state index in [-0.39, 0.29) is 39.0 Å². The number of ether oxygens (including phenoxy) is 5. The van der Waals surface area contributed by atoms with E-state index >= 15 is 0 Å². The van der Waals surface area contributed by atoms with Gasteiger partial charge >= 0.3 is 25.4 Å². The van der Waals surface area contributed by atoms with Crippen LogP contribution in [0.2, 0.25) is 5.02 Å². The van der Waals surface area contributed by atoms with Gasteiger partial charge in [0.15, 0.2) is 0 Å². The van der Waals surface area contributed by atoms with Crippen LogP contribution in [0.4, 0.5) is 42.8 Å². The number of rotatable bonds is 13. The lowest BCUT2D eigenvalue weighted by Gasteiger charge is -2.32. The maximum Gasteiger partial charge on any atom is 0.496 e. The molecule has 0 aliphatic carbocycles. The van der Waals surface area contributed by atoms with Crippen molar-refractivity contribution in [3.05, 3.63) is 206 Å². The smallest absolute Gasteiger partial charge is 0.473 e. The molecule has 5 heterocycles. The first-order chi connectivity index (χ1) is 45.1. The topological polar surface area (TPSA) is 313 Å². The number of aromatic amines is 1. The molecule has 0 unspecified atom stereocenters. The number of nitro groups is 2. The van der Waals surface area contributed by atoms with E-state index in [9.17, 15) is 34.6 Å². The molecule has 9 aromatic rings. The lowest BCUT2D eigenvalue weighted by atomic mass is 9.80. The lowest BCUT2D eigenvalue weighted by Crippen LogP contribution is -2.41. The van der Waals surface area contributed by atoms with Crippen LogP contribution >= 0.6 is 11.6 Å². The molecule has 1 aliphatic heterocycles. The Morgan fingerprint density at radius 2 is 1.01 bits per heavy atom. The minimum absolute atomic E-state index is 0.00902. The summed E-state index contributed by atoms with van der Waals surface area (Å²) in [5.41, 5.74) is 4.95. The number of halogens is 1.